The van der Waals surface area contributed by atoms with Gasteiger partial charge >= 0.3 is 0 Å². The fourth-order valence-electron chi connectivity index (χ4n) is 4.03. The van der Waals surface area contributed by atoms with Crippen molar-refractivity contribution in [2.45, 2.75) is 63.3 Å². The molecule has 20 heavy (non-hydrogen) atoms. The Kier molecular flexibility index (Phi) is 4.65. The van der Waals surface area contributed by atoms with Crippen LogP contribution in [0.25, 0.3) is 0 Å². The van der Waals surface area contributed by atoms with Crippen LogP contribution in [0.4, 0.5) is 0 Å². The Morgan fingerprint density at radius 2 is 2.20 bits per heavy atom. The lowest BCUT2D eigenvalue weighted by atomic mass is 9.74. The molecule has 2 heterocycles. The SMILES string of the molecule is CCOC1CC(CC(O)C2CCOC3(CCOC3)C2)C1. The van der Waals surface area contributed by atoms with Crippen LogP contribution in [0.1, 0.15) is 45.4 Å². The summed E-state index contributed by atoms with van der Waals surface area (Å²) in [4.78, 5) is 0. The lowest BCUT2D eigenvalue weighted by Gasteiger charge is -2.41. The second-order valence-electron chi connectivity index (χ2n) is 6.80. The quantitative estimate of drug-likeness (QED) is 0.840. The minimum atomic E-state index is -0.177. The van der Waals surface area contributed by atoms with Gasteiger partial charge in [0.1, 0.15) is 0 Å². The normalized spacial score (nSPS) is 42.6. The second-order valence-corrected chi connectivity index (χ2v) is 6.80. The first kappa shape index (κ1) is 14.8. The van der Waals surface area contributed by atoms with Crippen molar-refractivity contribution in [1.29, 1.82) is 0 Å². The first-order valence-corrected chi connectivity index (χ1v) is 8.22. The molecule has 1 N–H and O–H groups in total. The Balaban J connectivity index is 1.44. The first-order valence-electron chi connectivity index (χ1n) is 8.22. The van der Waals surface area contributed by atoms with Gasteiger partial charge in [0.25, 0.3) is 0 Å². The Bertz CT molecular complexity index is 308. The van der Waals surface area contributed by atoms with Gasteiger partial charge in [-0.15, -0.1) is 0 Å². The van der Waals surface area contributed by atoms with Crippen LogP contribution in [0, 0.1) is 11.8 Å². The standard InChI is InChI=1S/C16H28O4/c1-2-19-14-7-12(8-14)9-15(17)13-3-5-20-16(10-13)4-6-18-11-16/h12-15,17H,2-11H2,1H3. The van der Waals surface area contributed by atoms with Gasteiger partial charge in [-0.2, -0.15) is 0 Å². The molecule has 0 aromatic carbocycles. The van der Waals surface area contributed by atoms with Crippen LogP contribution in [0.15, 0.2) is 0 Å². The highest BCUT2D eigenvalue weighted by Crippen LogP contribution is 2.40. The van der Waals surface area contributed by atoms with Crippen LogP contribution >= 0.6 is 0 Å². The van der Waals surface area contributed by atoms with Crippen molar-refractivity contribution < 1.29 is 19.3 Å². The van der Waals surface area contributed by atoms with E-state index in [4.69, 9.17) is 14.2 Å². The Morgan fingerprint density at radius 1 is 1.35 bits per heavy atom. The summed E-state index contributed by atoms with van der Waals surface area (Å²) in [6.07, 6.45) is 6.41. The van der Waals surface area contributed by atoms with E-state index in [1.807, 2.05) is 6.92 Å². The molecule has 1 aliphatic carbocycles. The Hall–Kier alpha value is -0.160. The van der Waals surface area contributed by atoms with E-state index in [0.29, 0.717) is 24.5 Å². The van der Waals surface area contributed by atoms with Gasteiger partial charge in [0.05, 0.1) is 24.4 Å². The average Bonchev–Trinajstić information content (AvgIpc) is 2.84. The van der Waals surface area contributed by atoms with Crippen molar-refractivity contribution in [3.05, 3.63) is 0 Å². The maximum Gasteiger partial charge on any atom is 0.0940 e. The molecule has 3 aliphatic rings. The molecule has 4 heteroatoms. The zero-order valence-electron chi connectivity index (χ0n) is 12.6. The van der Waals surface area contributed by atoms with Crippen LogP contribution < -0.4 is 0 Å². The summed E-state index contributed by atoms with van der Waals surface area (Å²) in [5, 5.41) is 10.5. The van der Waals surface area contributed by atoms with Gasteiger partial charge in [0, 0.05) is 26.2 Å². The molecule has 116 valence electrons. The van der Waals surface area contributed by atoms with E-state index in [1.165, 1.54) is 0 Å². The highest BCUT2D eigenvalue weighted by atomic mass is 16.6. The van der Waals surface area contributed by atoms with Crippen LogP contribution in [-0.2, 0) is 14.2 Å². The smallest absolute Gasteiger partial charge is 0.0940 e. The molecule has 0 amide bonds. The molecule has 3 unspecified atom stereocenters. The zero-order valence-corrected chi connectivity index (χ0v) is 12.6. The van der Waals surface area contributed by atoms with Crippen molar-refractivity contribution in [3.63, 3.8) is 0 Å². The highest BCUT2D eigenvalue weighted by molar-refractivity contribution is 4.93. The molecule has 0 aromatic rings. The molecule has 1 spiro atoms. The summed E-state index contributed by atoms with van der Waals surface area (Å²) in [5.41, 5.74) is -0.0859. The first-order chi connectivity index (χ1) is 9.71. The number of rotatable bonds is 5. The largest absolute Gasteiger partial charge is 0.393 e. The lowest BCUT2D eigenvalue weighted by molar-refractivity contribution is -0.122. The topological polar surface area (TPSA) is 47.9 Å². The van der Waals surface area contributed by atoms with Gasteiger partial charge in [-0.3, -0.25) is 0 Å². The molecule has 2 aliphatic heterocycles. The minimum absolute atomic E-state index is 0.0859. The summed E-state index contributed by atoms with van der Waals surface area (Å²) in [7, 11) is 0. The molecule has 3 rings (SSSR count). The number of hydrogen-bond acceptors (Lipinski definition) is 4. The van der Waals surface area contributed by atoms with Gasteiger partial charge in [-0.1, -0.05) is 0 Å². The van der Waals surface area contributed by atoms with Crippen molar-refractivity contribution in [2.75, 3.05) is 26.4 Å². The molecule has 1 saturated carbocycles. The van der Waals surface area contributed by atoms with E-state index >= 15 is 0 Å². The summed E-state index contributed by atoms with van der Waals surface area (Å²) < 4.78 is 17.0. The molecule has 2 saturated heterocycles. The van der Waals surface area contributed by atoms with Crippen molar-refractivity contribution in [2.24, 2.45) is 11.8 Å². The van der Waals surface area contributed by atoms with Crippen LogP contribution in [0.5, 0.6) is 0 Å². The Morgan fingerprint density at radius 3 is 2.90 bits per heavy atom. The third-order valence-electron chi connectivity index (χ3n) is 5.31. The monoisotopic (exact) mass is 284 g/mol. The number of aliphatic hydroxyl groups excluding tert-OH is 1. The van der Waals surface area contributed by atoms with E-state index in [9.17, 15) is 5.11 Å². The predicted molar refractivity (Wildman–Crippen MR) is 75.6 cm³/mol. The predicted octanol–water partition coefficient (Wildman–Crippen LogP) is 2.14. The van der Waals surface area contributed by atoms with E-state index in [-0.39, 0.29) is 11.7 Å². The van der Waals surface area contributed by atoms with Gasteiger partial charge < -0.3 is 19.3 Å². The van der Waals surface area contributed by atoms with Crippen LogP contribution in [-0.4, -0.2) is 49.3 Å². The third-order valence-corrected chi connectivity index (χ3v) is 5.31. The fourth-order valence-corrected chi connectivity index (χ4v) is 4.03. The van der Waals surface area contributed by atoms with Gasteiger partial charge in [-0.25, -0.2) is 0 Å². The Labute approximate surface area is 121 Å². The van der Waals surface area contributed by atoms with Crippen LogP contribution in [0.3, 0.4) is 0 Å². The molecule has 0 bridgehead atoms. The van der Waals surface area contributed by atoms with Gasteiger partial charge in [-0.05, 0) is 50.9 Å². The summed E-state index contributed by atoms with van der Waals surface area (Å²) >= 11 is 0. The molecule has 0 aromatic heterocycles. The van der Waals surface area contributed by atoms with E-state index in [1.54, 1.807) is 0 Å². The molecule has 3 fully saturated rings. The summed E-state index contributed by atoms with van der Waals surface area (Å²) in [5.74, 6) is 1.04. The number of aliphatic hydroxyl groups is 1. The van der Waals surface area contributed by atoms with Gasteiger partial charge in [0.2, 0.25) is 0 Å². The number of ether oxygens (including phenoxy) is 3. The van der Waals surface area contributed by atoms with Gasteiger partial charge in [0.15, 0.2) is 0 Å². The summed E-state index contributed by atoms with van der Waals surface area (Å²) in [6, 6.07) is 0. The minimum Gasteiger partial charge on any atom is -0.393 e. The average molecular weight is 284 g/mol. The summed E-state index contributed by atoms with van der Waals surface area (Å²) in [6.45, 7) is 5.15. The molecule has 3 atom stereocenters. The maximum absolute atomic E-state index is 10.5. The second kappa shape index (κ2) is 6.30. The third kappa shape index (κ3) is 3.19. The van der Waals surface area contributed by atoms with Crippen LogP contribution in [0.2, 0.25) is 0 Å². The zero-order chi connectivity index (χ0) is 14.0. The fraction of sp³-hybridized carbons (Fsp3) is 1.00. The maximum atomic E-state index is 10.5. The number of hydrogen-bond donors (Lipinski definition) is 1. The van der Waals surface area contributed by atoms with E-state index in [0.717, 1.165) is 58.3 Å². The molecule has 4 nitrogen and oxygen atoms in total. The van der Waals surface area contributed by atoms with E-state index in [2.05, 4.69) is 0 Å². The van der Waals surface area contributed by atoms with Crippen molar-refractivity contribution in [3.8, 4) is 0 Å². The van der Waals surface area contributed by atoms with Crippen molar-refractivity contribution in [1.82, 2.24) is 0 Å². The molecular formula is C16H28O4. The lowest BCUT2D eigenvalue weighted by Crippen LogP contribution is -2.44. The highest BCUT2D eigenvalue weighted by Gasteiger charge is 2.43. The van der Waals surface area contributed by atoms with Crippen molar-refractivity contribution >= 4 is 0 Å². The molecule has 0 radical (unpaired) electrons. The molecular weight excluding hydrogens is 256 g/mol. The van der Waals surface area contributed by atoms with E-state index < -0.39 is 0 Å².